The summed E-state index contributed by atoms with van der Waals surface area (Å²) in [4.78, 5) is 56.7. The van der Waals surface area contributed by atoms with Crippen molar-refractivity contribution in [3.8, 4) is 5.75 Å². The van der Waals surface area contributed by atoms with Crippen LogP contribution in [0.2, 0.25) is 0 Å². The first-order chi connectivity index (χ1) is 16.8. The zero-order valence-corrected chi connectivity index (χ0v) is 19.1. The van der Waals surface area contributed by atoms with Gasteiger partial charge in [0, 0.05) is 25.6 Å². The molecule has 6 rings (SSSR count). The number of rotatable bonds is 4. The van der Waals surface area contributed by atoms with Crippen molar-refractivity contribution < 1.29 is 23.9 Å². The summed E-state index contributed by atoms with van der Waals surface area (Å²) in [6, 6.07) is 5.59. The molecule has 2 fully saturated rings. The van der Waals surface area contributed by atoms with Crippen molar-refractivity contribution in [3.63, 3.8) is 0 Å². The molecule has 3 amide bonds. The van der Waals surface area contributed by atoms with E-state index in [0.29, 0.717) is 50.2 Å². The van der Waals surface area contributed by atoms with Gasteiger partial charge >= 0.3 is 11.8 Å². The highest BCUT2D eigenvalue weighted by Crippen LogP contribution is 2.42. The zero-order chi connectivity index (χ0) is 24.7. The Kier molecular flexibility index (Phi) is 5.78. The molecule has 1 aliphatic carbocycles. The van der Waals surface area contributed by atoms with Crippen LogP contribution in [0.5, 0.6) is 5.75 Å². The number of hydrogen-bond donors (Lipinski definition) is 3. The van der Waals surface area contributed by atoms with Crippen molar-refractivity contribution in [3.05, 3.63) is 57.5 Å². The minimum Gasteiger partial charge on any atom is -0.501 e. The third-order valence-corrected chi connectivity index (χ3v) is 7.24. The van der Waals surface area contributed by atoms with Crippen LogP contribution in [-0.2, 0) is 22.7 Å². The molecular weight excluding hydrogens is 457 g/mol. The third-order valence-electron chi connectivity index (χ3n) is 7.24. The first kappa shape index (κ1) is 23.0. The van der Waals surface area contributed by atoms with Crippen molar-refractivity contribution in [1.29, 1.82) is 0 Å². The lowest BCUT2D eigenvalue weighted by atomic mass is 9.77. The van der Waals surface area contributed by atoms with Crippen LogP contribution in [0.3, 0.4) is 0 Å². The van der Waals surface area contributed by atoms with Gasteiger partial charge in [0.15, 0.2) is 5.69 Å². The summed E-state index contributed by atoms with van der Waals surface area (Å²) in [6.45, 7) is 1.26. The van der Waals surface area contributed by atoms with Gasteiger partial charge in [-0.15, -0.1) is 0 Å². The molecule has 4 aliphatic rings. The summed E-state index contributed by atoms with van der Waals surface area (Å²) >= 11 is 0. The largest absolute Gasteiger partial charge is 0.501 e. The van der Waals surface area contributed by atoms with E-state index in [4.69, 9.17) is 0 Å². The van der Waals surface area contributed by atoms with Crippen molar-refractivity contribution >= 4 is 17.7 Å². The molecule has 2 aromatic rings. The summed E-state index contributed by atoms with van der Waals surface area (Å²) < 4.78 is 14.4. The van der Waals surface area contributed by atoms with E-state index in [1.807, 2.05) is 0 Å². The van der Waals surface area contributed by atoms with Crippen molar-refractivity contribution in [2.24, 2.45) is 0 Å². The fourth-order valence-electron chi connectivity index (χ4n) is 5.06. The van der Waals surface area contributed by atoms with Crippen LogP contribution >= 0.6 is 0 Å². The molecule has 1 aromatic heterocycles. The molecule has 0 atom stereocenters. The summed E-state index contributed by atoms with van der Waals surface area (Å²) in [5.41, 5.74) is -1.28. The van der Waals surface area contributed by atoms with Gasteiger partial charge in [0.05, 0.1) is 12.1 Å². The van der Waals surface area contributed by atoms with Crippen LogP contribution in [0.4, 0.5) is 4.39 Å². The molecule has 4 heterocycles. The molecule has 3 N–H and O–H groups in total. The van der Waals surface area contributed by atoms with E-state index in [2.05, 4.69) is 15.6 Å². The maximum atomic E-state index is 13.1. The number of aromatic nitrogens is 2. The lowest BCUT2D eigenvalue weighted by Crippen LogP contribution is -2.58. The minimum atomic E-state index is -0.802. The fourth-order valence-corrected chi connectivity index (χ4v) is 5.06. The molecule has 0 spiro atoms. The average molecular weight is 484 g/mol. The molecule has 35 heavy (non-hydrogen) atoms. The highest BCUT2D eigenvalue weighted by atomic mass is 19.1. The smallest absolute Gasteiger partial charge is 0.311 e. The van der Waals surface area contributed by atoms with E-state index in [1.54, 1.807) is 0 Å². The zero-order valence-electron chi connectivity index (χ0n) is 19.1. The van der Waals surface area contributed by atoms with E-state index in [1.165, 1.54) is 33.7 Å². The number of hydrogen-bond acceptors (Lipinski definition) is 6. The van der Waals surface area contributed by atoms with Crippen LogP contribution in [0.1, 0.15) is 59.9 Å². The van der Waals surface area contributed by atoms with Crippen LogP contribution in [0.25, 0.3) is 0 Å². The summed E-state index contributed by atoms with van der Waals surface area (Å²) in [7, 11) is 0. The number of likely N-dealkylation sites (tertiary alicyclic amines) is 1. The summed E-state index contributed by atoms with van der Waals surface area (Å²) in [5, 5.41) is 16.0. The number of amides is 3. The molecular formula is C24H26FN5O5. The number of carbonyl (C=O) groups is 3. The van der Waals surface area contributed by atoms with Gasteiger partial charge in [0.1, 0.15) is 11.6 Å². The van der Waals surface area contributed by atoms with E-state index >= 15 is 0 Å². The van der Waals surface area contributed by atoms with Crippen LogP contribution in [0.15, 0.2) is 29.1 Å². The van der Waals surface area contributed by atoms with E-state index in [-0.39, 0.29) is 24.7 Å². The Morgan fingerprint density at radius 3 is 2.46 bits per heavy atom. The van der Waals surface area contributed by atoms with Crippen LogP contribution < -0.4 is 16.2 Å². The van der Waals surface area contributed by atoms with Crippen molar-refractivity contribution in [2.75, 3.05) is 13.1 Å². The average Bonchev–Trinajstić information content (AvgIpc) is 3.06. The third kappa shape index (κ3) is 4.26. The Morgan fingerprint density at radius 1 is 1.14 bits per heavy atom. The van der Waals surface area contributed by atoms with Crippen LogP contribution in [-0.4, -0.2) is 55.9 Å². The quantitative estimate of drug-likeness (QED) is 0.551. The normalized spacial score (nSPS) is 22.5. The maximum absolute atomic E-state index is 13.1. The van der Waals surface area contributed by atoms with E-state index in [0.717, 1.165) is 6.42 Å². The molecule has 0 radical (unpaired) electrons. The van der Waals surface area contributed by atoms with Gasteiger partial charge < -0.3 is 20.6 Å². The van der Waals surface area contributed by atoms with Gasteiger partial charge in [-0.25, -0.2) is 9.37 Å². The Labute approximate surface area is 200 Å². The first-order valence-corrected chi connectivity index (χ1v) is 11.7. The number of nitrogens with one attached hydrogen (secondary N) is 2. The first-order valence-electron chi connectivity index (χ1n) is 11.7. The topological polar surface area (TPSA) is 134 Å². The van der Waals surface area contributed by atoms with Crippen molar-refractivity contribution in [2.45, 2.75) is 56.7 Å². The second-order valence-corrected chi connectivity index (χ2v) is 9.52. The Bertz CT molecular complexity index is 1250. The molecule has 0 unspecified atom stereocenters. The van der Waals surface area contributed by atoms with Gasteiger partial charge in [-0.1, -0.05) is 12.1 Å². The number of halogens is 1. The molecule has 3 aliphatic heterocycles. The predicted octanol–water partition coefficient (Wildman–Crippen LogP) is 0.776. The van der Waals surface area contributed by atoms with Gasteiger partial charge in [0.2, 0.25) is 5.75 Å². The monoisotopic (exact) mass is 483 g/mol. The molecule has 1 saturated carbocycles. The molecule has 10 nitrogen and oxygen atoms in total. The Morgan fingerprint density at radius 2 is 1.83 bits per heavy atom. The minimum absolute atomic E-state index is 0.0642. The lowest BCUT2D eigenvalue weighted by Gasteiger charge is -2.38. The predicted molar refractivity (Wildman–Crippen MR) is 121 cm³/mol. The number of aromatic hydroxyl groups is 1. The van der Waals surface area contributed by atoms with E-state index < -0.39 is 40.4 Å². The van der Waals surface area contributed by atoms with Gasteiger partial charge in [-0.3, -0.25) is 23.7 Å². The van der Waals surface area contributed by atoms with Gasteiger partial charge in [-0.05, 0) is 49.8 Å². The second kappa shape index (κ2) is 8.79. The van der Waals surface area contributed by atoms with Crippen molar-refractivity contribution in [1.82, 2.24) is 25.1 Å². The summed E-state index contributed by atoms with van der Waals surface area (Å²) in [5.74, 6) is -2.87. The van der Waals surface area contributed by atoms with Gasteiger partial charge in [0.25, 0.3) is 11.5 Å². The number of carbonyl (C=O) groups excluding carboxylic acids is 3. The van der Waals surface area contributed by atoms with Gasteiger partial charge in [-0.2, -0.15) is 0 Å². The maximum Gasteiger partial charge on any atom is 0.311 e. The molecule has 184 valence electrons. The molecule has 1 aromatic carbocycles. The lowest BCUT2D eigenvalue weighted by molar-refractivity contribution is -0.149. The molecule has 11 heteroatoms. The summed E-state index contributed by atoms with van der Waals surface area (Å²) in [6.07, 6.45) is 3.20. The Balaban J connectivity index is 1.38. The molecule has 2 bridgehead atoms. The SMILES string of the molecule is O=C(NC12CCC(CC1)c1nc(C(=O)NCc3ccc(F)cc3)c(O)c(=O)n1C2)C(=O)N1CCC1. The van der Waals surface area contributed by atoms with Crippen LogP contribution in [0, 0.1) is 5.82 Å². The highest BCUT2D eigenvalue weighted by molar-refractivity contribution is 6.35. The number of benzene rings is 1. The number of fused-ring (bicyclic) bond motifs is 2. The fraction of sp³-hybridized carbons (Fsp3) is 0.458. The highest BCUT2D eigenvalue weighted by Gasteiger charge is 2.45. The second-order valence-electron chi connectivity index (χ2n) is 9.52. The molecule has 1 saturated heterocycles. The standard InChI is InChI=1S/C24H26FN5O5/c25-16-4-2-14(3-5-16)12-26-20(32)17-18(31)22(34)30-13-24(8-6-15(7-9-24)19(30)27-17)28-21(33)23(35)29-10-1-11-29/h2-5,15,31H,1,6-13H2,(H,26,32)(H,28,33). The van der Waals surface area contributed by atoms with E-state index in [9.17, 15) is 28.7 Å². The number of nitrogens with zero attached hydrogens (tertiary/aromatic N) is 3. The Hall–Kier alpha value is -3.76.